The van der Waals surface area contributed by atoms with E-state index < -0.39 is 25.6 Å². The molecule has 0 heterocycles. The molecule has 0 aliphatic heterocycles. The van der Waals surface area contributed by atoms with Crippen LogP contribution < -0.4 is 14.8 Å². The monoisotopic (exact) mass is 555 g/mol. The highest BCUT2D eigenvalue weighted by Gasteiger charge is 2.35. The van der Waals surface area contributed by atoms with Crippen molar-refractivity contribution in [3.63, 3.8) is 0 Å². The highest BCUT2D eigenvalue weighted by molar-refractivity contribution is 8.04. The van der Waals surface area contributed by atoms with Crippen LogP contribution in [0.4, 0.5) is 0 Å². The van der Waals surface area contributed by atoms with E-state index in [0.29, 0.717) is 24.2 Å². The largest absolute Gasteiger partial charge is 0.491 e. The summed E-state index contributed by atoms with van der Waals surface area (Å²) >= 11 is 5.98. The van der Waals surface area contributed by atoms with Crippen LogP contribution in [0.5, 0.6) is 11.5 Å². The first kappa shape index (κ1) is 30.5. The van der Waals surface area contributed by atoms with E-state index >= 15 is 0 Å². The Morgan fingerprint density at radius 1 is 1.11 bits per heavy atom. The molecule has 2 aromatic carbocycles. The molecule has 3 unspecified atom stereocenters. The minimum atomic E-state index is -4.33. The van der Waals surface area contributed by atoms with Crippen LogP contribution in [0.25, 0.3) is 0 Å². The van der Waals surface area contributed by atoms with Crippen LogP contribution in [0.3, 0.4) is 0 Å². The van der Waals surface area contributed by atoms with E-state index in [2.05, 4.69) is 17.3 Å². The Bertz CT molecular complexity index is 1060. The van der Waals surface area contributed by atoms with Gasteiger partial charge in [-0.25, -0.2) is 0 Å². The van der Waals surface area contributed by atoms with Crippen molar-refractivity contribution in [3.8, 4) is 11.5 Å². The van der Waals surface area contributed by atoms with Crippen LogP contribution in [0.1, 0.15) is 63.9 Å². The first-order chi connectivity index (χ1) is 17.0. The van der Waals surface area contributed by atoms with Crippen LogP contribution in [0, 0.1) is 0 Å². The molecule has 3 atom stereocenters. The molecular weight excluding hydrogens is 516 g/mol. The maximum Gasteiger partial charge on any atom is 0.346 e. The van der Waals surface area contributed by atoms with Crippen molar-refractivity contribution in [3.05, 3.63) is 59.7 Å². The van der Waals surface area contributed by atoms with E-state index in [9.17, 15) is 14.4 Å². The second-order valence-electron chi connectivity index (χ2n) is 8.63. The molecule has 0 aliphatic carbocycles. The number of nitrogens with one attached hydrogen (secondary N) is 1. The first-order valence-corrected chi connectivity index (χ1v) is 16.4. The summed E-state index contributed by atoms with van der Waals surface area (Å²) in [7, 11) is -0.936. The standard InChI is InChI=1S/C25H39N3O5P2S/c1-7-19(4)32-22-14-10-20(11-15-22)18-27-28(6)34(36)25(8-2,9-3)33-23-16-12-21(13-17-23)24(26-5)35(29,30)31/h10-19,24,26,34H,7-9H2,1-6H3,(H2,29,30,31)/b27-18+. The van der Waals surface area contributed by atoms with Crippen LogP contribution in [-0.2, 0) is 16.4 Å². The Hall–Kier alpha value is -1.73. The molecule has 0 fully saturated rings. The average molecular weight is 556 g/mol. The van der Waals surface area contributed by atoms with E-state index in [1.54, 1.807) is 30.5 Å². The Labute approximate surface area is 220 Å². The first-order valence-electron chi connectivity index (χ1n) is 12.1. The Balaban J connectivity index is 2.15. The van der Waals surface area contributed by atoms with Crippen molar-refractivity contribution in [1.29, 1.82) is 0 Å². The summed E-state index contributed by atoms with van der Waals surface area (Å²) in [4.78, 5) is 19.1. The molecule has 3 N–H and O–H groups in total. The van der Waals surface area contributed by atoms with Gasteiger partial charge in [-0.15, -0.1) is 0 Å². The normalized spacial score (nSPS) is 14.9. The third-order valence-electron chi connectivity index (χ3n) is 6.12. The highest BCUT2D eigenvalue weighted by atomic mass is 32.4. The Morgan fingerprint density at radius 2 is 1.67 bits per heavy atom. The van der Waals surface area contributed by atoms with Crippen LogP contribution >= 0.6 is 14.4 Å². The minimum absolute atomic E-state index is 0.171. The Morgan fingerprint density at radius 3 is 2.14 bits per heavy atom. The average Bonchev–Trinajstić information content (AvgIpc) is 2.86. The highest BCUT2D eigenvalue weighted by Crippen LogP contribution is 2.51. The fourth-order valence-corrected chi connectivity index (χ4v) is 7.25. The van der Waals surface area contributed by atoms with Gasteiger partial charge in [0.2, 0.25) is 0 Å². The number of nitrogens with zero attached hydrogens (tertiary/aromatic N) is 2. The maximum absolute atomic E-state index is 11.7. The number of hydrogen-bond acceptors (Lipinski definition) is 6. The molecule has 0 bridgehead atoms. The number of rotatable bonds is 14. The smallest absolute Gasteiger partial charge is 0.346 e. The van der Waals surface area contributed by atoms with Gasteiger partial charge in [0.15, 0.2) is 5.34 Å². The van der Waals surface area contributed by atoms with Gasteiger partial charge < -0.3 is 24.6 Å². The van der Waals surface area contributed by atoms with Gasteiger partial charge in [-0.2, -0.15) is 5.10 Å². The third kappa shape index (κ3) is 8.14. The van der Waals surface area contributed by atoms with E-state index in [1.807, 2.05) is 56.9 Å². The van der Waals surface area contributed by atoms with Gasteiger partial charge in [-0.3, -0.25) is 9.34 Å². The molecule has 0 saturated heterocycles. The lowest BCUT2D eigenvalue weighted by Crippen LogP contribution is -2.33. The third-order valence-corrected chi connectivity index (χ3v) is 11.5. The molecule has 0 aliphatic rings. The molecule has 36 heavy (non-hydrogen) atoms. The second kappa shape index (κ2) is 13.7. The summed E-state index contributed by atoms with van der Waals surface area (Å²) in [5.41, 5.74) is 1.44. The summed E-state index contributed by atoms with van der Waals surface area (Å²) in [6, 6.07) is 14.6. The van der Waals surface area contributed by atoms with E-state index in [1.165, 1.54) is 7.05 Å². The van der Waals surface area contributed by atoms with Crippen molar-refractivity contribution in [2.75, 3.05) is 14.1 Å². The molecule has 0 radical (unpaired) electrons. The molecule has 11 heteroatoms. The zero-order valence-corrected chi connectivity index (χ0v) is 24.6. The zero-order valence-electron chi connectivity index (χ0n) is 21.8. The number of hydrogen-bond donors (Lipinski definition) is 3. The van der Waals surface area contributed by atoms with Crippen LogP contribution in [-0.4, -0.2) is 46.3 Å². The SMILES string of the molecule is CCC(C)Oc1ccc(/C=N/N(C)[PH](=S)C(CC)(CC)Oc2ccc(C(NC)P(=O)(O)O)cc2)cc1. The predicted octanol–water partition coefficient (Wildman–Crippen LogP) is 5.71. The molecule has 200 valence electrons. The van der Waals surface area contributed by atoms with E-state index in [4.69, 9.17) is 21.3 Å². The topological polar surface area (TPSA) is 104 Å². The van der Waals surface area contributed by atoms with Crippen LogP contribution in [0.15, 0.2) is 53.6 Å². The molecule has 2 aromatic rings. The lowest BCUT2D eigenvalue weighted by Gasteiger charge is -2.37. The molecule has 0 saturated carbocycles. The summed E-state index contributed by atoms with van der Waals surface area (Å²) in [6.45, 7) is 6.55. The van der Waals surface area contributed by atoms with Crippen LogP contribution in [0.2, 0.25) is 0 Å². The van der Waals surface area contributed by atoms with Gasteiger partial charge in [0.25, 0.3) is 0 Å². The molecule has 2 rings (SSSR count). The number of benzene rings is 2. The van der Waals surface area contributed by atoms with Gasteiger partial charge in [0.05, 0.1) is 19.2 Å². The van der Waals surface area contributed by atoms with Gasteiger partial charge in [-0.05, 0) is 80.8 Å². The van der Waals surface area contributed by atoms with Crippen molar-refractivity contribution in [1.82, 2.24) is 10.1 Å². The van der Waals surface area contributed by atoms with Gasteiger partial charge in [0, 0.05) is 7.05 Å². The molecule has 8 nitrogen and oxygen atoms in total. The molecule has 0 spiro atoms. The summed E-state index contributed by atoms with van der Waals surface area (Å²) in [5.74, 6) is 0.369. The quantitative estimate of drug-likeness (QED) is 0.155. The van der Waals surface area contributed by atoms with Crippen molar-refractivity contribution in [2.24, 2.45) is 5.10 Å². The lowest BCUT2D eigenvalue weighted by molar-refractivity contribution is 0.146. The van der Waals surface area contributed by atoms with E-state index in [0.717, 1.165) is 17.7 Å². The number of hydrazone groups is 1. The second-order valence-corrected chi connectivity index (χ2v) is 13.7. The Kier molecular flexibility index (Phi) is 11.6. The van der Waals surface area contributed by atoms with Gasteiger partial charge >= 0.3 is 7.60 Å². The van der Waals surface area contributed by atoms with Crippen molar-refractivity contribution >= 4 is 32.5 Å². The molecule has 0 amide bonds. The predicted molar refractivity (Wildman–Crippen MR) is 152 cm³/mol. The number of ether oxygens (including phenoxy) is 2. The van der Waals surface area contributed by atoms with Gasteiger partial charge in [-0.1, -0.05) is 44.7 Å². The zero-order chi connectivity index (χ0) is 26.9. The minimum Gasteiger partial charge on any atom is -0.491 e. The summed E-state index contributed by atoms with van der Waals surface area (Å²) in [6.07, 6.45) is 4.31. The summed E-state index contributed by atoms with van der Waals surface area (Å²) in [5, 5.41) is 6.70. The van der Waals surface area contributed by atoms with Gasteiger partial charge in [0.1, 0.15) is 17.3 Å². The lowest BCUT2D eigenvalue weighted by atomic mass is 10.2. The maximum atomic E-state index is 11.7. The van der Waals surface area contributed by atoms with Crippen molar-refractivity contribution in [2.45, 2.75) is 64.2 Å². The molecular formula is C25H39N3O5P2S. The fraction of sp³-hybridized carbons (Fsp3) is 0.480. The van der Waals surface area contributed by atoms with Crippen molar-refractivity contribution < 1.29 is 23.8 Å². The molecule has 0 aromatic heterocycles. The van der Waals surface area contributed by atoms with E-state index in [-0.39, 0.29) is 6.10 Å². The fourth-order valence-electron chi connectivity index (χ4n) is 3.66. The summed E-state index contributed by atoms with van der Waals surface area (Å²) < 4.78 is 25.8.